The van der Waals surface area contributed by atoms with Crippen molar-refractivity contribution in [2.24, 2.45) is 5.92 Å². The molecule has 8 heteroatoms. The molecule has 1 aliphatic rings. The summed E-state index contributed by atoms with van der Waals surface area (Å²) in [5.41, 5.74) is 7.60. The third-order valence-corrected chi connectivity index (χ3v) is 4.34. The standard InChI is InChI=1S/C17H22N6O2/c1-11-5-7-13(8-6-11)19-17-20-15(18)14(23(24)25)16(21-17)22-9-3-4-12(2)10-22/h5-8,12H,3-4,9-10H2,1-2H3,(H3,18,19,20,21)/t12-/m1/s1. The monoisotopic (exact) mass is 342 g/mol. The number of hydrogen-bond acceptors (Lipinski definition) is 7. The number of nitrogens with one attached hydrogen (secondary N) is 1. The number of nitrogens with two attached hydrogens (primary N) is 1. The minimum absolute atomic E-state index is 0.122. The second-order valence-electron chi connectivity index (χ2n) is 6.55. The average molecular weight is 342 g/mol. The minimum atomic E-state index is -0.500. The molecule has 1 aromatic heterocycles. The van der Waals surface area contributed by atoms with E-state index in [-0.39, 0.29) is 17.5 Å². The zero-order valence-corrected chi connectivity index (χ0v) is 14.4. The fraction of sp³-hybridized carbons (Fsp3) is 0.412. The van der Waals surface area contributed by atoms with Gasteiger partial charge in [-0.25, -0.2) is 0 Å². The second kappa shape index (κ2) is 6.92. The molecule has 0 saturated carbocycles. The van der Waals surface area contributed by atoms with Crippen molar-refractivity contribution in [3.05, 3.63) is 39.9 Å². The molecule has 3 N–H and O–H groups in total. The maximum atomic E-state index is 11.5. The van der Waals surface area contributed by atoms with Gasteiger partial charge in [-0.2, -0.15) is 9.97 Å². The molecule has 132 valence electrons. The number of aryl methyl sites for hydroxylation is 1. The molecule has 2 heterocycles. The summed E-state index contributed by atoms with van der Waals surface area (Å²) in [5, 5.41) is 14.5. The van der Waals surface area contributed by atoms with E-state index in [0.29, 0.717) is 11.7 Å². The Kier molecular flexibility index (Phi) is 4.69. The Morgan fingerprint density at radius 3 is 2.68 bits per heavy atom. The molecule has 25 heavy (non-hydrogen) atoms. The highest BCUT2D eigenvalue weighted by Crippen LogP contribution is 2.34. The highest BCUT2D eigenvalue weighted by molar-refractivity contribution is 5.72. The molecule has 1 atom stereocenters. The SMILES string of the molecule is Cc1ccc(Nc2nc(N)c([N+](=O)[O-])c(N3CCC[C@@H](C)C3)n2)cc1. The highest BCUT2D eigenvalue weighted by Gasteiger charge is 2.29. The van der Waals surface area contributed by atoms with E-state index in [1.807, 2.05) is 36.1 Å². The minimum Gasteiger partial charge on any atom is -0.378 e. The quantitative estimate of drug-likeness (QED) is 0.648. The van der Waals surface area contributed by atoms with Crippen molar-refractivity contribution in [1.82, 2.24) is 9.97 Å². The van der Waals surface area contributed by atoms with Crippen LogP contribution in [0.25, 0.3) is 0 Å². The number of aromatic nitrogens is 2. The molecule has 1 saturated heterocycles. The van der Waals surface area contributed by atoms with Gasteiger partial charge in [-0.05, 0) is 37.8 Å². The van der Waals surface area contributed by atoms with Crippen molar-refractivity contribution >= 4 is 29.0 Å². The topological polar surface area (TPSA) is 110 Å². The van der Waals surface area contributed by atoms with E-state index >= 15 is 0 Å². The van der Waals surface area contributed by atoms with Gasteiger partial charge in [0.15, 0.2) is 0 Å². The van der Waals surface area contributed by atoms with Crippen molar-refractivity contribution < 1.29 is 4.92 Å². The van der Waals surface area contributed by atoms with E-state index in [9.17, 15) is 10.1 Å². The molecule has 3 rings (SSSR count). The molecule has 0 unspecified atom stereocenters. The van der Waals surface area contributed by atoms with Crippen LogP contribution in [0.2, 0.25) is 0 Å². The summed E-state index contributed by atoms with van der Waals surface area (Å²) in [6, 6.07) is 7.73. The van der Waals surface area contributed by atoms with Gasteiger partial charge in [-0.15, -0.1) is 0 Å². The van der Waals surface area contributed by atoms with Crippen LogP contribution in [0.5, 0.6) is 0 Å². The number of rotatable bonds is 4. The number of piperidine rings is 1. The summed E-state index contributed by atoms with van der Waals surface area (Å²) in [6.45, 7) is 5.58. The van der Waals surface area contributed by atoms with Crippen molar-refractivity contribution in [2.75, 3.05) is 29.0 Å². The van der Waals surface area contributed by atoms with E-state index in [0.717, 1.165) is 37.2 Å². The Balaban J connectivity index is 1.97. The van der Waals surface area contributed by atoms with Gasteiger partial charge in [0.2, 0.25) is 17.6 Å². The molecule has 0 spiro atoms. The number of anilines is 4. The Bertz CT molecular complexity index is 777. The number of nitrogen functional groups attached to an aromatic ring is 1. The molecule has 0 amide bonds. The molecule has 8 nitrogen and oxygen atoms in total. The predicted molar refractivity (Wildman–Crippen MR) is 98.2 cm³/mol. The van der Waals surface area contributed by atoms with Gasteiger partial charge in [0.1, 0.15) is 0 Å². The van der Waals surface area contributed by atoms with Gasteiger partial charge in [-0.3, -0.25) is 10.1 Å². The predicted octanol–water partition coefficient (Wildman–Crippen LogP) is 3.26. The third kappa shape index (κ3) is 3.78. The fourth-order valence-corrected chi connectivity index (χ4v) is 3.06. The number of benzene rings is 1. The van der Waals surface area contributed by atoms with Crippen molar-refractivity contribution in [1.29, 1.82) is 0 Å². The highest BCUT2D eigenvalue weighted by atomic mass is 16.6. The van der Waals surface area contributed by atoms with Crippen LogP contribution in [0.1, 0.15) is 25.3 Å². The van der Waals surface area contributed by atoms with Crippen LogP contribution in [0.3, 0.4) is 0 Å². The van der Waals surface area contributed by atoms with Crippen LogP contribution in [0.15, 0.2) is 24.3 Å². The molecule has 0 radical (unpaired) electrons. The average Bonchev–Trinajstić information content (AvgIpc) is 2.56. The third-order valence-electron chi connectivity index (χ3n) is 4.34. The Morgan fingerprint density at radius 2 is 2.04 bits per heavy atom. The first-order chi connectivity index (χ1) is 11.9. The van der Waals surface area contributed by atoms with Gasteiger partial charge >= 0.3 is 5.69 Å². The smallest absolute Gasteiger partial charge is 0.353 e. The lowest BCUT2D eigenvalue weighted by Crippen LogP contribution is -2.35. The molecular weight excluding hydrogens is 320 g/mol. The number of nitro groups is 1. The largest absolute Gasteiger partial charge is 0.378 e. The Labute approximate surface area is 146 Å². The van der Waals surface area contributed by atoms with Gasteiger partial charge in [-0.1, -0.05) is 24.6 Å². The van der Waals surface area contributed by atoms with Crippen LogP contribution in [0.4, 0.5) is 29.0 Å². The van der Waals surface area contributed by atoms with Crippen molar-refractivity contribution in [2.45, 2.75) is 26.7 Å². The van der Waals surface area contributed by atoms with Crippen LogP contribution in [0, 0.1) is 23.0 Å². The summed E-state index contributed by atoms with van der Waals surface area (Å²) in [5.74, 6) is 0.889. The van der Waals surface area contributed by atoms with Gasteiger partial charge < -0.3 is 16.0 Å². The Hall–Kier alpha value is -2.90. The molecule has 1 fully saturated rings. The van der Waals surface area contributed by atoms with Crippen molar-refractivity contribution in [3.8, 4) is 0 Å². The van der Waals surface area contributed by atoms with Crippen LogP contribution in [-0.2, 0) is 0 Å². The van der Waals surface area contributed by atoms with Gasteiger partial charge in [0.25, 0.3) is 0 Å². The lowest BCUT2D eigenvalue weighted by atomic mass is 10.0. The Morgan fingerprint density at radius 1 is 1.32 bits per heavy atom. The first-order valence-corrected chi connectivity index (χ1v) is 8.34. The zero-order valence-electron chi connectivity index (χ0n) is 14.4. The van der Waals surface area contributed by atoms with E-state index in [4.69, 9.17) is 5.73 Å². The fourth-order valence-electron chi connectivity index (χ4n) is 3.06. The summed E-state index contributed by atoms with van der Waals surface area (Å²) in [6.07, 6.45) is 2.09. The molecule has 0 bridgehead atoms. The molecule has 1 aromatic carbocycles. The lowest BCUT2D eigenvalue weighted by molar-refractivity contribution is -0.383. The second-order valence-corrected chi connectivity index (χ2v) is 6.55. The molecular formula is C17H22N6O2. The lowest BCUT2D eigenvalue weighted by Gasteiger charge is -2.31. The maximum absolute atomic E-state index is 11.5. The number of hydrogen-bond donors (Lipinski definition) is 2. The first-order valence-electron chi connectivity index (χ1n) is 8.34. The number of nitrogens with zero attached hydrogens (tertiary/aromatic N) is 4. The zero-order chi connectivity index (χ0) is 18.0. The van der Waals surface area contributed by atoms with E-state index in [1.165, 1.54) is 0 Å². The van der Waals surface area contributed by atoms with E-state index in [2.05, 4.69) is 22.2 Å². The molecule has 0 aliphatic carbocycles. The van der Waals surface area contributed by atoms with Crippen LogP contribution < -0.4 is 16.0 Å². The van der Waals surface area contributed by atoms with Crippen LogP contribution >= 0.6 is 0 Å². The summed E-state index contributed by atoms with van der Waals surface area (Å²) < 4.78 is 0. The molecule has 1 aliphatic heterocycles. The van der Waals surface area contributed by atoms with Crippen molar-refractivity contribution in [3.63, 3.8) is 0 Å². The van der Waals surface area contributed by atoms with Crippen LogP contribution in [-0.4, -0.2) is 28.0 Å². The van der Waals surface area contributed by atoms with E-state index in [1.54, 1.807) is 0 Å². The summed E-state index contributed by atoms with van der Waals surface area (Å²) in [4.78, 5) is 21.4. The molecule has 2 aromatic rings. The summed E-state index contributed by atoms with van der Waals surface area (Å²) >= 11 is 0. The van der Waals surface area contributed by atoms with E-state index < -0.39 is 4.92 Å². The summed E-state index contributed by atoms with van der Waals surface area (Å²) in [7, 11) is 0. The normalized spacial score (nSPS) is 17.4. The first kappa shape index (κ1) is 16.9. The van der Waals surface area contributed by atoms with Gasteiger partial charge in [0.05, 0.1) is 4.92 Å². The maximum Gasteiger partial charge on any atom is 0.353 e. The van der Waals surface area contributed by atoms with Gasteiger partial charge in [0, 0.05) is 18.8 Å².